The molecule has 34 heavy (non-hydrogen) atoms. The number of anilines is 1. The lowest BCUT2D eigenvalue weighted by Crippen LogP contribution is -2.55. The van der Waals surface area contributed by atoms with Crippen molar-refractivity contribution in [1.82, 2.24) is 20.1 Å². The van der Waals surface area contributed by atoms with Gasteiger partial charge in [-0.05, 0) is 46.5 Å². The molecule has 1 aromatic carbocycles. The third-order valence-electron chi connectivity index (χ3n) is 7.29. The first-order chi connectivity index (χ1) is 16.2. The van der Waals surface area contributed by atoms with E-state index in [1.807, 2.05) is 4.90 Å². The summed E-state index contributed by atoms with van der Waals surface area (Å²) in [7, 11) is 4.12. The average molecular weight is 488 g/mol. The van der Waals surface area contributed by atoms with E-state index in [2.05, 4.69) is 43.1 Å². The maximum absolute atomic E-state index is 14.9. The van der Waals surface area contributed by atoms with Gasteiger partial charge >= 0.3 is 0 Å². The molecule has 2 saturated heterocycles. The number of nitrogens with zero attached hydrogens (tertiary/aromatic N) is 4. The van der Waals surface area contributed by atoms with E-state index in [-0.39, 0.29) is 34.1 Å². The maximum atomic E-state index is 14.9. The van der Waals surface area contributed by atoms with Crippen LogP contribution in [0.4, 0.5) is 10.2 Å². The van der Waals surface area contributed by atoms with Crippen molar-refractivity contribution >= 4 is 23.3 Å². The fourth-order valence-electron chi connectivity index (χ4n) is 5.31. The summed E-state index contributed by atoms with van der Waals surface area (Å²) in [6.07, 6.45) is 0.902. The third kappa shape index (κ3) is 3.82. The second kappa shape index (κ2) is 8.66. The monoisotopic (exact) mass is 487 g/mol. The van der Waals surface area contributed by atoms with Crippen LogP contribution in [0.25, 0.3) is 11.3 Å². The number of hydrogen-bond acceptors (Lipinski definition) is 6. The Bertz CT molecular complexity index is 1120. The molecule has 2 atom stereocenters. The first kappa shape index (κ1) is 23.3. The number of ether oxygens (including phenoxy) is 1. The van der Waals surface area contributed by atoms with Gasteiger partial charge in [-0.2, -0.15) is 0 Å². The van der Waals surface area contributed by atoms with E-state index in [0.717, 1.165) is 13.0 Å². The van der Waals surface area contributed by atoms with E-state index in [4.69, 9.17) is 21.3 Å². The van der Waals surface area contributed by atoms with Crippen molar-refractivity contribution in [3.8, 4) is 17.0 Å². The van der Waals surface area contributed by atoms with E-state index >= 15 is 0 Å². The highest BCUT2D eigenvalue weighted by Crippen LogP contribution is 2.46. The first-order valence-corrected chi connectivity index (χ1v) is 12.1. The lowest BCUT2D eigenvalue weighted by molar-refractivity contribution is 0.0606. The van der Waals surface area contributed by atoms with Crippen LogP contribution in [0.1, 0.15) is 30.6 Å². The Balaban J connectivity index is 1.74. The lowest BCUT2D eigenvalue weighted by atomic mass is 9.99. The highest BCUT2D eigenvalue weighted by atomic mass is 35.5. The summed E-state index contributed by atoms with van der Waals surface area (Å²) in [4.78, 5) is 25.1. The van der Waals surface area contributed by atoms with Crippen molar-refractivity contribution in [3.63, 3.8) is 0 Å². The van der Waals surface area contributed by atoms with Crippen molar-refractivity contribution in [2.75, 3.05) is 51.8 Å². The molecule has 3 aliphatic rings. The molecule has 2 aromatic rings. The topological polar surface area (TPSA) is 60.9 Å². The lowest BCUT2D eigenvalue weighted by Gasteiger charge is -2.36. The Kier molecular flexibility index (Phi) is 5.94. The normalized spacial score (nSPS) is 24.0. The predicted octanol–water partition coefficient (Wildman–Crippen LogP) is 3.27. The Morgan fingerprint density at radius 2 is 2.06 bits per heavy atom. The number of fused-ring (bicyclic) bond motifs is 2. The fourth-order valence-corrected chi connectivity index (χ4v) is 5.61. The summed E-state index contributed by atoms with van der Waals surface area (Å²) in [6, 6.07) is 6.61. The van der Waals surface area contributed by atoms with E-state index in [0.29, 0.717) is 49.1 Å². The van der Waals surface area contributed by atoms with Gasteiger partial charge in [-0.1, -0.05) is 23.7 Å². The molecule has 1 amide bonds. The third-order valence-corrected chi connectivity index (χ3v) is 7.65. The molecule has 0 radical (unpaired) electrons. The fraction of sp³-hybridized carbons (Fsp3) is 0.520. The number of hydrogen-bond donors (Lipinski definition) is 1. The van der Waals surface area contributed by atoms with Gasteiger partial charge in [0.05, 0.1) is 11.7 Å². The largest absolute Gasteiger partial charge is 0.489 e. The number of pyridine rings is 1. The summed E-state index contributed by atoms with van der Waals surface area (Å²) in [6.45, 7) is 7.26. The molecule has 0 bridgehead atoms. The second-order valence-electron chi connectivity index (χ2n) is 10.2. The standard InChI is InChI=1S/C25H31ClFN5O2/c1-25(2)11-15(30(3)4)13-32(25)23-19-22(34-14-16-12-28-9-10-31(16)24(19)33)20(26)21(29-23)17-7-5-6-8-18(17)27/h5-8,15-16,28H,9-14H2,1-4H3/t15-,16-/m1/s1. The van der Waals surface area contributed by atoms with Gasteiger partial charge < -0.3 is 24.8 Å². The van der Waals surface area contributed by atoms with E-state index < -0.39 is 5.82 Å². The summed E-state index contributed by atoms with van der Waals surface area (Å²) in [5.41, 5.74) is 0.689. The molecule has 5 rings (SSSR count). The number of amides is 1. The number of likely N-dealkylation sites (N-methyl/N-ethyl adjacent to an activating group) is 1. The minimum atomic E-state index is -0.420. The summed E-state index contributed by atoms with van der Waals surface area (Å²) in [5, 5.41) is 3.50. The van der Waals surface area contributed by atoms with Gasteiger partial charge in [0.25, 0.3) is 5.91 Å². The van der Waals surface area contributed by atoms with Crippen LogP contribution in [0.5, 0.6) is 5.75 Å². The smallest absolute Gasteiger partial charge is 0.261 e. The minimum Gasteiger partial charge on any atom is -0.489 e. The maximum Gasteiger partial charge on any atom is 0.261 e. The minimum absolute atomic E-state index is 0.101. The van der Waals surface area contributed by atoms with Gasteiger partial charge in [-0.25, -0.2) is 9.37 Å². The van der Waals surface area contributed by atoms with Gasteiger partial charge in [0.1, 0.15) is 28.8 Å². The number of carbonyl (C=O) groups is 1. The van der Waals surface area contributed by atoms with Crippen LogP contribution >= 0.6 is 11.6 Å². The van der Waals surface area contributed by atoms with Crippen LogP contribution in [0.15, 0.2) is 24.3 Å². The molecule has 9 heteroatoms. The molecule has 1 aromatic heterocycles. The van der Waals surface area contributed by atoms with Crippen LogP contribution in [-0.2, 0) is 0 Å². The zero-order chi connectivity index (χ0) is 24.2. The molecule has 2 fully saturated rings. The number of nitrogens with one attached hydrogen (secondary N) is 1. The van der Waals surface area contributed by atoms with Crippen molar-refractivity contribution in [1.29, 1.82) is 0 Å². The van der Waals surface area contributed by atoms with Crippen LogP contribution in [0, 0.1) is 5.82 Å². The van der Waals surface area contributed by atoms with Crippen molar-refractivity contribution < 1.29 is 13.9 Å². The molecule has 3 aliphatic heterocycles. The molecule has 0 aliphatic carbocycles. The van der Waals surface area contributed by atoms with Crippen molar-refractivity contribution in [2.45, 2.75) is 37.9 Å². The Morgan fingerprint density at radius 3 is 2.76 bits per heavy atom. The van der Waals surface area contributed by atoms with Crippen LogP contribution < -0.4 is 15.0 Å². The molecule has 0 saturated carbocycles. The summed E-state index contributed by atoms with van der Waals surface area (Å²) < 4.78 is 21.1. The van der Waals surface area contributed by atoms with Gasteiger partial charge in [0.15, 0.2) is 5.75 Å². The van der Waals surface area contributed by atoms with E-state index in [1.54, 1.807) is 18.2 Å². The predicted molar refractivity (Wildman–Crippen MR) is 131 cm³/mol. The van der Waals surface area contributed by atoms with Crippen LogP contribution in [-0.4, -0.2) is 85.2 Å². The molecule has 0 unspecified atom stereocenters. The van der Waals surface area contributed by atoms with Gasteiger partial charge in [-0.15, -0.1) is 0 Å². The van der Waals surface area contributed by atoms with Crippen LogP contribution in [0.3, 0.4) is 0 Å². The summed E-state index contributed by atoms with van der Waals surface area (Å²) in [5.74, 6) is 0.258. The molecule has 1 N–H and O–H groups in total. The molecule has 182 valence electrons. The van der Waals surface area contributed by atoms with Gasteiger partial charge in [-0.3, -0.25) is 4.79 Å². The number of carbonyl (C=O) groups excluding carboxylic acids is 1. The zero-order valence-electron chi connectivity index (χ0n) is 20.1. The quantitative estimate of drug-likeness (QED) is 0.717. The van der Waals surface area contributed by atoms with Gasteiger partial charge in [0.2, 0.25) is 0 Å². The Morgan fingerprint density at radius 1 is 1.29 bits per heavy atom. The number of rotatable bonds is 3. The SMILES string of the molecule is CN(C)[C@H]1CN(c2nc(-c3ccccc3F)c(Cl)c3c2C(=O)N2CCNC[C@@H]2CO3)C(C)(C)C1. The van der Waals surface area contributed by atoms with Crippen molar-refractivity contribution in [2.24, 2.45) is 0 Å². The van der Waals surface area contributed by atoms with E-state index in [1.165, 1.54) is 6.07 Å². The second-order valence-corrected chi connectivity index (χ2v) is 10.6. The zero-order valence-corrected chi connectivity index (χ0v) is 20.8. The Labute approximate surface area is 204 Å². The average Bonchev–Trinajstić information content (AvgIpc) is 3.05. The Hall–Kier alpha value is -2.42. The highest BCUT2D eigenvalue weighted by molar-refractivity contribution is 6.35. The van der Waals surface area contributed by atoms with Crippen molar-refractivity contribution in [3.05, 3.63) is 40.7 Å². The number of aromatic nitrogens is 1. The first-order valence-electron chi connectivity index (χ1n) is 11.8. The number of piperazine rings is 1. The summed E-state index contributed by atoms with van der Waals surface area (Å²) >= 11 is 6.83. The number of benzene rings is 1. The molecular weight excluding hydrogens is 457 g/mol. The van der Waals surface area contributed by atoms with Gasteiger partial charge in [0, 0.05) is 43.3 Å². The molecule has 7 nitrogen and oxygen atoms in total. The number of halogens is 2. The molecule has 0 spiro atoms. The van der Waals surface area contributed by atoms with Crippen LogP contribution in [0.2, 0.25) is 5.02 Å². The molecule has 4 heterocycles. The molecular formula is C25H31ClFN5O2. The van der Waals surface area contributed by atoms with E-state index in [9.17, 15) is 9.18 Å². The highest BCUT2D eigenvalue weighted by Gasteiger charge is 2.45.